The van der Waals surface area contributed by atoms with Crippen molar-refractivity contribution in [3.05, 3.63) is 12.7 Å². The fraction of sp³-hybridized carbons (Fsp3) is 0.778. The van der Waals surface area contributed by atoms with Crippen molar-refractivity contribution < 1.29 is 19.7 Å². The van der Waals surface area contributed by atoms with Crippen LogP contribution in [-0.4, -0.2) is 41.4 Å². The standard InChI is InChI=1S/C9H14O4/c1-2-3-5-7(10)8(11)6-4-12-9(5)13-6/h2,5-11H,1,3-4H2/t5-,6-,7-,8-,9-/m1/s1. The quantitative estimate of drug-likeness (QED) is 0.579. The van der Waals surface area contributed by atoms with Crippen molar-refractivity contribution in [2.75, 3.05) is 6.61 Å². The second kappa shape index (κ2) is 3.38. The molecule has 0 saturated carbocycles. The van der Waals surface area contributed by atoms with Gasteiger partial charge in [0.15, 0.2) is 6.29 Å². The lowest BCUT2D eigenvalue weighted by molar-refractivity contribution is -0.202. The second-order valence-corrected chi connectivity index (χ2v) is 3.55. The minimum Gasteiger partial charge on any atom is -0.390 e. The van der Waals surface area contributed by atoms with Gasteiger partial charge in [-0.3, -0.25) is 0 Å². The summed E-state index contributed by atoms with van der Waals surface area (Å²) in [5.74, 6) is -0.189. The number of hydrogen-bond donors (Lipinski definition) is 2. The Morgan fingerprint density at radius 3 is 2.85 bits per heavy atom. The van der Waals surface area contributed by atoms with Gasteiger partial charge >= 0.3 is 0 Å². The summed E-state index contributed by atoms with van der Waals surface area (Å²) in [6, 6.07) is 0. The molecule has 4 nitrogen and oxygen atoms in total. The first-order chi connectivity index (χ1) is 6.24. The van der Waals surface area contributed by atoms with Crippen LogP contribution in [0.1, 0.15) is 6.42 Å². The van der Waals surface area contributed by atoms with Gasteiger partial charge in [0.25, 0.3) is 0 Å². The molecule has 0 unspecified atom stereocenters. The Morgan fingerprint density at radius 2 is 2.15 bits per heavy atom. The van der Waals surface area contributed by atoms with E-state index in [2.05, 4.69) is 6.58 Å². The Balaban J connectivity index is 2.12. The summed E-state index contributed by atoms with van der Waals surface area (Å²) in [6.45, 7) is 3.96. The summed E-state index contributed by atoms with van der Waals surface area (Å²) in [7, 11) is 0. The number of hydrogen-bond acceptors (Lipinski definition) is 4. The zero-order chi connectivity index (χ0) is 9.42. The van der Waals surface area contributed by atoms with E-state index >= 15 is 0 Å². The molecule has 0 radical (unpaired) electrons. The fourth-order valence-electron chi connectivity index (χ4n) is 1.92. The number of aliphatic hydroxyl groups excluding tert-OH is 2. The van der Waals surface area contributed by atoms with Gasteiger partial charge < -0.3 is 19.7 Å². The van der Waals surface area contributed by atoms with Crippen LogP contribution in [-0.2, 0) is 9.47 Å². The third-order valence-electron chi connectivity index (χ3n) is 2.69. The maximum absolute atomic E-state index is 9.69. The van der Waals surface area contributed by atoms with Crippen LogP contribution in [0, 0.1) is 5.92 Å². The van der Waals surface area contributed by atoms with E-state index in [4.69, 9.17) is 9.47 Å². The molecule has 2 fully saturated rings. The number of rotatable bonds is 2. The minimum absolute atomic E-state index is 0.189. The molecule has 0 spiro atoms. The van der Waals surface area contributed by atoms with E-state index < -0.39 is 12.2 Å². The van der Waals surface area contributed by atoms with Gasteiger partial charge in [-0.2, -0.15) is 0 Å². The highest BCUT2D eigenvalue weighted by Gasteiger charge is 2.48. The van der Waals surface area contributed by atoms with E-state index in [-0.39, 0.29) is 18.3 Å². The van der Waals surface area contributed by atoms with Gasteiger partial charge in [-0.25, -0.2) is 0 Å². The highest BCUT2D eigenvalue weighted by molar-refractivity contribution is 4.94. The molecule has 0 aromatic rings. The SMILES string of the molecule is C=CC[C@H]1[C@@H]2OC[C@@H](O2)[C@@H](O)[C@@H]1O. The van der Waals surface area contributed by atoms with E-state index in [1.54, 1.807) is 6.08 Å². The maximum Gasteiger partial charge on any atom is 0.163 e. The Bertz CT molecular complexity index is 206. The lowest BCUT2D eigenvalue weighted by atomic mass is 9.90. The van der Waals surface area contributed by atoms with Crippen LogP contribution in [0.2, 0.25) is 0 Å². The van der Waals surface area contributed by atoms with Crippen molar-refractivity contribution in [3.63, 3.8) is 0 Å². The summed E-state index contributed by atoms with van der Waals surface area (Å²) in [4.78, 5) is 0. The average molecular weight is 186 g/mol. The third-order valence-corrected chi connectivity index (χ3v) is 2.69. The van der Waals surface area contributed by atoms with Gasteiger partial charge in [0, 0.05) is 5.92 Å². The van der Waals surface area contributed by atoms with Crippen molar-refractivity contribution in [2.24, 2.45) is 5.92 Å². The second-order valence-electron chi connectivity index (χ2n) is 3.55. The van der Waals surface area contributed by atoms with Crippen LogP contribution < -0.4 is 0 Å². The van der Waals surface area contributed by atoms with Crippen molar-refractivity contribution in [2.45, 2.75) is 31.0 Å². The molecular formula is C9H14O4. The highest BCUT2D eigenvalue weighted by Crippen LogP contribution is 2.34. The zero-order valence-electron chi connectivity index (χ0n) is 7.30. The van der Waals surface area contributed by atoms with Gasteiger partial charge in [0.2, 0.25) is 0 Å². The van der Waals surface area contributed by atoms with Gasteiger partial charge in [-0.15, -0.1) is 6.58 Å². The predicted octanol–water partition coefficient (Wildman–Crippen LogP) is -0.344. The van der Waals surface area contributed by atoms with Crippen LogP contribution in [0.4, 0.5) is 0 Å². The van der Waals surface area contributed by atoms with E-state index in [1.807, 2.05) is 0 Å². The third kappa shape index (κ3) is 1.40. The number of allylic oxidation sites excluding steroid dienone is 1. The first-order valence-corrected chi connectivity index (χ1v) is 4.48. The zero-order valence-corrected chi connectivity index (χ0v) is 7.30. The summed E-state index contributed by atoms with van der Waals surface area (Å²) in [5, 5.41) is 19.3. The molecule has 2 saturated heterocycles. The summed E-state index contributed by atoms with van der Waals surface area (Å²) < 4.78 is 10.7. The number of aliphatic hydroxyl groups is 2. The molecule has 0 aromatic carbocycles. The molecule has 5 atom stereocenters. The Hall–Kier alpha value is -0.420. The normalized spacial score (nSPS) is 49.2. The van der Waals surface area contributed by atoms with Crippen LogP contribution in [0.3, 0.4) is 0 Å². The lowest BCUT2D eigenvalue weighted by Crippen LogP contribution is -2.50. The van der Waals surface area contributed by atoms with Gasteiger partial charge in [-0.05, 0) is 6.42 Å². The molecule has 0 amide bonds. The van der Waals surface area contributed by atoms with Crippen LogP contribution in [0.25, 0.3) is 0 Å². The molecular weight excluding hydrogens is 172 g/mol. The Morgan fingerprint density at radius 1 is 1.38 bits per heavy atom. The molecule has 0 aliphatic carbocycles. The smallest absolute Gasteiger partial charge is 0.163 e. The molecule has 2 aliphatic heterocycles. The summed E-state index contributed by atoms with van der Waals surface area (Å²) in [5.41, 5.74) is 0. The van der Waals surface area contributed by atoms with Crippen LogP contribution in [0.15, 0.2) is 12.7 Å². The molecule has 2 rings (SSSR count). The monoisotopic (exact) mass is 186 g/mol. The minimum atomic E-state index is -0.830. The molecule has 2 aliphatic rings. The van der Waals surface area contributed by atoms with Crippen molar-refractivity contribution in [1.29, 1.82) is 0 Å². The molecule has 0 aromatic heterocycles. The summed E-state index contributed by atoms with van der Waals surface area (Å²) in [6.07, 6.45) is -0.0304. The molecule has 4 heteroatoms. The Labute approximate surface area is 76.8 Å². The molecule has 74 valence electrons. The highest BCUT2D eigenvalue weighted by atomic mass is 16.7. The molecule has 2 heterocycles. The Kier molecular flexibility index (Phi) is 2.38. The predicted molar refractivity (Wildman–Crippen MR) is 44.9 cm³/mol. The van der Waals surface area contributed by atoms with E-state index in [0.29, 0.717) is 13.0 Å². The lowest BCUT2D eigenvalue weighted by Gasteiger charge is -2.35. The van der Waals surface area contributed by atoms with Crippen LogP contribution in [0.5, 0.6) is 0 Å². The number of ether oxygens (including phenoxy) is 2. The molecule has 2 N–H and O–H groups in total. The van der Waals surface area contributed by atoms with Crippen molar-refractivity contribution >= 4 is 0 Å². The largest absolute Gasteiger partial charge is 0.390 e. The average Bonchev–Trinajstić information content (AvgIpc) is 2.56. The van der Waals surface area contributed by atoms with E-state index in [9.17, 15) is 10.2 Å². The van der Waals surface area contributed by atoms with Crippen molar-refractivity contribution in [1.82, 2.24) is 0 Å². The van der Waals surface area contributed by atoms with Gasteiger partial charge in [-0.1, -0.05) is 6.08 Å². The van der Waals surface area contributed by atoms with Crippen molar-refractivity contribution in [3.8, 4) is 0 Å². The van der Waals surface area contributed by atoms with Gasteiger partial charge in [0.1, 0.15) is 12.2 Å². The van der Waals surface area contributed by atoms with Crippen LogP contribution >= 0.6 is 0 Å². The van der Waals surface area contributed by atoms with E-state index in [1.165, 1.54) is 0 Å². The van der Waals surface area contributed by atoms with Gasteiger partial charge in [0.05, 0.1) is 12.7 Å². The molecule has 13 heavy (non-hydrogen) atoms. The first kappa shape index (κ1) is 9.15. The molecule has 2 bridgehead atoms. The number of fused-ring (bicyclic) bond motifs is 2. The topological polar surface area (TPSA) is 58.9 Å². The summed E-state index contributed by atoms with van der Waals surface area (Å²) >= 11 is 0. The van der Waals surface area contributed by atoms with E-state index in [0.717, 1.165) is 0 Å². The fourth-order valence-corrected chi connectivity index (χ4v) is 1.92. The first-order valence-electron chi connectivity index (χ1n) is 4.48. The maximum atomic E-state index is 9.69.